The maximum absolute atomic E-state index is 13.4. The van der Waals surface area contributed by atoms with Crippen molar-refractivity contribution in [3.63, 3.8) is 0 Å². The third kappa shape index (κ3) is 3.36. The molecule has 164 valence electrons. The Hall–Kier alpha value is -2.65. The van der Waals surface area contributed by atoms with Gasteiger partial charge in [0.15, 0.2) is 0 Å². The molecule has 5 rings (SSSR count). The van der Waals surface area contributed by atoms with Crippen molar-refractivity contribution in [1.82, 2.24) is 22.7 Å². The van der Waals surface area contributed by atoms with Crippen LogP contribution in [0.25, 0.3) is 10.9 Å². The van der Waals surface area contributed by atoms with Gasteiger partial charge in [-0.1, -0.05) is 6.92 Å². The number of fused-ring (bicyclic) bond motifs is 3. The first-order valence-electron chi connectivity index (χ1n) is 10.7. The highest BCUT2D eigenvalue weighted by molar-refractivity contribution is 7.88. The molecule has 1 fully saturated rings. The van der Waals surface area contributed by atoms with E-state index in [2.05, 4.69) is 16.8 Å². The number of aromatic nitrogens is 3. The number of carbonyl (C=O) groups is 1. The maximum atomic E-state index is 13.4. The number of hydrogen-bond acceptors (Lipinski definition) is 5. The van der Waals surface area contributed by atoms with Crippen molar-refractivity contribution in [1.29, 1.82) is 0 Å². The van der Waals surface area contributed by atoms with Crippen LogP contribution in [0.5, 0.6) is 0 Å². The summed E-state index contributed by atoms with van der Waals surface area (Å²) in [5.41, 5.74) is 3.00. The molecule has 0 N–H and O–H groups in total. The van der Waals surface area contributed by atoms with Gasteiger partial charge in [-0.05, 0) is 49.6 Å². The molecule has 0 saturated carbocycles. The van der Waals surface area contributed by atoms with Crippen molar-refractivity contribution in [3.05, 3.63) is 53.7 Å². The molecule has 31 heavy (non-hydrogen) atoms. The SMILES string of the molecule is CC1CCN(C(=O)c2ccc3c(c2)c2c(n3S(=O)(=O)n3ccnc3)CCN(C)C2)CC1. The summed E-state index contributed by atoms with van der Waals surface area (Å²) in [7, 11) is -1.81. The lowest BCUT2D eigenvalue weighted by Crippen LogP contribution is -2.37. The lowest BCUT2D eigenvalue weighted by atomic mass is 9.98. The number of hydrogen-bond donors (Lipinski definition) is 0. The van der Waals surface area contributed by atoms with Crippen LogP contribution in [0.2, 0.25) is 0 Å². The molecule has 2 aliphatic rings. The first-order valence-corrected chi connectivity index (χ1v) is 12.1. The Morgan fingerprint density at radius 2 is 1.94 bits per heavy atom. The van der Waals surface area contributed by atoms with Gasteiger partial charge in [-0.15, -0.1) is 0 Å². The van der Waals surface area contributed by atoms with Gasteiger partial charge in [0.05, 0.1) is 5.52 Å². The summed E-state index contributed by atoms with van der Waals surface area (Å²) in [6, 6.07) is 5.42. The Morgan fingerprint density at radius 1 is 1.16 bits per heavy atom. The molecule has 0 aliphatic carbocycles. The molecular formula is C22H27N5O3S. The van der Waals surface area contributed by atoms with Gasteiger partial charge in [-0.3, -0.25) is 4.79 Å². The second-order valence-electron chi connectivity index (χ2n) is 8.78. The molecule has 0 radical (unpaired) electrons. The largest absolute Gasteiger partial charge is 0.339 e. The zero-order valence-corrected chi connectivity index (χ0v) is 18.7. The molecule has 0 unspecified atom stereocenters. The molecule has 1 amide bonds. The fraction of sp³-hybridized carbons (Fsp3) is 0.455. The number of carbonyl (C=O) groups excluding carboxylic acids is 1. The molecule has 0 bridgehead atoms. The smallest absolute Gasteiger partial charge is 0.335 e. The van der Waals surface area contributed by atoms with Gasteiger partial charge in [0, 0.05) is 61.6 Å². The third-order valence-corrected chi connectivity index (χ3v) is 8.21. The van der Waals surface area contributed by atoms with Crippen molar-refractivity contribution in [3.8, 4) is 0 Å². The first kappa shape index (κ1) is 20.3. The molecule has 2 aliphatic heterocycles. The number of benzene rings is 1. The molecule has 1 saturated heterocycles. The van der Waals surface area contributed by atoms with Crippen molar-refractivity contribution in [2.75, 3.05) is 26.7 Å². The zero-order chi connectivity index (χ0) is 21.8. The minimum atomic E-state index is -3.84. The van der Waals surface area contributed by atoms with E-state index in [-0.39, 0.29) is 5.91 Å². The van der Waals surface area contributed by atoms with E-state index in [1.54, 1.807) is 12.1 Å². The van der Waals surface area contributed by atoms with Crippen LogP contribution in [0, 0.1) is 5.92 Å². The van der Waals surface area contributed by atoms with Crippen LogP contribution in [0.3, 0.4) is 0 Å². The highest BCUT2D eigenvalue weighted by Gasteiger charge is 2.30. The second kappa shape index (κ2) is 7.49. The van der Waals surface area contributed by atoms with Crippen LogP contribution in [0.15, 0.2) is 36.9 Å². The number of rotatable bonds is 3. The molecule has 2 aromatic heterocycles. The normalized spacial score (nSPS) is 18.5. The Labute approximate surface area is 182 Å². The van der Waals surface area contributed by atoms with E-state index >= 15 is 0 Å². The quantitative estimate of drug-likeness (QED) is 0.623. The molecule has 8 nitrogen and oxygen atoms in total. The van der Waals surface area contributed by atoms with E-state index in [4.69, 9.17) is 0 Å². The molecule has 1 aromatic carbocycles. The van der Waals surface area contributed by atoms with Crippen LogP contribution in [0.4, 0.5) is 0 Å². The fourth-order valence-electron chi connectivity index (χ4n) is 4.72. The van der Waals surface area contributed by atoms with E-state index in [0.29, 0.717) is 30.0 Å². The summed E-state index contributed by atoms with van der Waals surface area (Å²) in [6.45, 7) is 5.20. The molecule has 9 heteroatoms. The van der Waals surface area contributed by atoms with E-state index in [0.717, 1.165) is 53.1 Å². The maximum Gasteiger partial charge on any atom is 0.335 e. The van der Waals surface area contributed by atoms with E-state index in [9.17, 15) is 13.2 Å². The highest BCUT2D eigenvalue weighted by atomic mass is 32.2. The van der Waals surface area contributed by atoms with Crippen molar-refractivity contribution in [2.24, 2.45) is 5.92 Å². The standard InChI is InChI=1S/C22H27N5O3S/c1-16-5-10-25(11-6-16)22(28)17-3-4-20-18(13-17)19-14-24(2)9-7-21(19)27(20)31(29,30)26-12-8-23-15-26/h3-4,8,12-13,15-16H,5-7,9-11,14H2,1-2H3. The lowest BCUT2D eigenvalue weighted by molar-refractivity contribution is 0.0697. The molecule has 0 spiro atoms. The number of piperidine rings is 1. The van der Waals surface area contributed by atoms with Gasteiger partial charge < -0.3 is 9.80 Å². The van der Waals surface area contributed by atoms with Crippen LogP contribution < -0.4 is 0 Å². The average Bonchev–Trinajstić information content (AvgIpc) is 3.40. The monoisotopic (exact) mass is 441 g/mol. The summed E-state index contributed by atoms with van der Waals surface area (Å²) in [5, 5.41) is 0.835. The van der Waals surface area contributed by atoms with Gasteiger partial charge in [0.1, 0.15) is 6.33 Å². The molecular weight excluding hydrogens is 414 g/mol. The van der Waals surface area contributed by atoms with Crippen LogP contribution in [0.1, 0.15) is 41.4 Å². The average molecular weight is 442 g/mol. The summed E-state index contributed by atoms with van der Waals surface area (Å²) >= 11 is 0. The predicted octanol–water partition coefficient (Wildman–Crippen LogP) is 2.34. The number of amides is 1. The number of imidazole rings is 1. The summed E-state index contributed by atoms with van der Waals surface area (Å²) in [5.74, 6) is 0.674. The van der Waals surface area contributed by atoms with Crippen LogP contribution >= 0.6 is 0 Å². The molecule has 0 atom stereocenters. The minimum absolute atomic E-state index is 0.0249. The lowest BCUT2D eigenvalue weighted by Gasteiger charge is -2.30. The first-order chi connectivity index (χ1) is 14.9. The van der Waals surface area contributed by atoms with Crippen molar-refractivity contribution < 1.29 is 13.2 Å². The highest BCUT2D eigenvalue weighted by Crippen LogP contribution is 2.33. The fourth-order valence-corrected chi connectivity index (χ4v) is 6.18. The Morgan fingerprint density at radius 3 is 2.65 bits per heavy atom. The minimum Gasteiger partial charge on any atom is -0.339 e. The third-order valence-electron chi connectivity index (χ3n) is 6.59. The topological polar surface area (TPSA) is 80.4 Å². The van der Waals surface area contributed by atoms with E-state index < -0.39 is 10.2 Å². The van der Waals surface area contributed by atoms with Crippen LogP contribution in [-0.4, -0.2) is 63.7 Å². The number of nitrogens with zero attached hydrogens (tertiary/aromatic N) is 5. The van der Waals surface area contributed by atoms with Gasteiger partial charge in [-0.25, -0.2) is 12.9 Å². The van der Waals surface area contributed by atoms with Gasteiger partial charge in [-0.2, -0.15) is 8.42 Å². The van der Waals surface area contributed by atoms with Gasteiger partial charge in [0.2, 0.25) is 0 Å². The molecule has 4 heterocycles. The predicted molar refractivity (Wildman–Crippen MR) is 118 cm³/mol. The van der Waals surface area contributed by atoms with E-state index in [1.807, 2.05) is 18.0 Å². The Kier molecular flexibility index (Phi) is 4.90. The van der Waals surface area contributed by atoms with E-state index in [1.165, 1.54) is 22.7 Å². The molecule has 3 aromatic rings. The summed E-state index contributed by atoms with van der Waals surface area (Å²) < 4.78 is 29.4. The Bertz CT molecular complexity index is 1240. The second-order valence-corrected chi connectivity index (χ2v) is 10.5. The van der Waals surface area contributed by atoms with Crippen LogP contribution in [-0.2, 0) is 23.2 Å². The number of likely N-dealkylation sites (tertiary alicyclic amines) is 1. The van der Waals surface area contributed by atoms with Gasteiger partial charge in [0.25, 0.3) is 5.91 Å². The zero-order valence-electron chi connectivity index (χ0n) is 17.9. The summed E-state index contributed by atoms with van der Waals surface area (Å²) in [6.07, 6.45) is 6.87. The van der Waals surface area contributed by atoms with Crippen molar-refractivity contribution >= 4 is 27.0 Å². The summed E-state index contributed by atoms with van der Waals surface area (Å²) in [4.78, 5) is 21.2. The van der Waals surface area contributed by atoms with Crippen molar-refractivity contribution in [2.45, 2.75) is 32.7 Å². The van der Waals surface area contributed by atoms with Gasteiger partial charge >= 0.3 is 10.2 Å². The Balaban J connectivity index is 1.64. The number of likely N-dealkylation sites (N-methyl/N-ethyl adjacent to an activating group) is 1.